The number of aryl methyl sites for hydroxylation is 1. The number of amides is 1. The first kappa shape index (κ1) is 23.1. The van der Waals surface area contributed by atoms with Gasteiger partial charge in [0.15, 0.2) is 0 Å². The number of rotatable bonds is 7. The SMILES string of the molecule is COCCCN1C(=O)C(=O)/C(=C(/O)c2cc(Cl)cc(Cl)c2OC)C1c1cccc(C)c1. The number of benzene rings is 2. The van der Waals surface area contributed by atoms with Crippen LogP contribution in [0.5, 0.6) is 5.75 Å². The van der Waals surface area contributed by atoms with Crippen molar-refractivity contribution in [1.82, 2.24) is 4.90 Å². The molecular weight excluding hydrogens is 441 g/mol. The van der Waals surface area contributed by atoms with Gasteiger partial charge in [0.25, 0.3) is 11.7 Å². The molecule has 2 aromatic rings. The molecule has 6 nitrogen and oxygen atoms in total. The van der Waals surface area contributed by atoms with Crippen LogP contribution in [0.2, 0.25) is 10.0 Å². The Labute approximate surface area is 191 Å². The minimum Gasteiger partial charge on any atom is -0.507 e. The van der Waals surface area contributed by atoms with Crippen molar-refractivity contribution in [2.45, 2.75) is 19.4 Å². The molecule has 0 aromatic heterocycles. The summed E-state index contributed by atoms with van der Waals surface area (Å²) in [4.78, 5) is 27.4. The summed E-state index contributed by atoms with van der Waals surface area (Å²) in [6.45, 7) is 2.64. The van der Waals surface area contributed by atoms with Gasteiger partial charge in [0.1, 0.15) is 11.5 Å². The van der Waals surface area contributed by atoms with E-state index in [2.05, 4.69) is 0 Å². The molecule has 8 heteroatoms. The zero-order chi connectivity index (χ0) is 22.7. The summed E-state index contributed by atoms with van der Waals surface area (Å²) in [7, 11) is 2.97. The van der Waals surface area contributed by atoms with Crippen LogP contribution in [0.15, 0.2) is 42.0 Å². The maximum Gasteiger partial charge on any atom is 0.295 e. The van der Waals surface area contributed by atoms with Crippen LogP contribution in [0.25, 0.3) is 5.76 Å². The highest BCUT2D eigenvalue weighted by Gasteiger charge is 2.46. The van der Waals surface area contributed by atoms with E-state index in [1.807, 2.05) is 31.2 Å². The first-order chi connectivity index (χ1) is 14.8. The van der Waals surface area contributed by atoms with Gasteiger partial charge in [0, 0.05) is 25.3 Å². The van der Waals surface area contributed by atoms with E-state index in [-0.39, 0.29) is 32.7 Å². The Morgan fingerprint density at radius 2 is 1.90 bits per heavy atom. The minimum atomic E-state index is -0.778. The number of carbonyl (C=O) groups is 2. The second-order valence-corrected chi connectivity index (χ2v) is 8.07. The Balaban J connectivity index is 2.23. The van der Waals surface area contributed by atoms with E-state index in [9.17, 15) is 14.7 Å². The number of hydrogen-bond donors (Lipinski definition) is 1. The Morgan fingerprint density at radius 1 is 1.16 bits per heavy atom. The largest absolute Gasteiger partial charge is 0.507 e. The van der Waals surface area contributed by atoms with E-state index in [0.29, 0.717) is 25.1 Å². The molecule has 1 amide bonds. The van der Waals surface area contributed by atoms with Gasteiger partial charge < -0.3 is 19.5 Å². The molecule has 0 radical (unpaired) electrons. The number of likely N-dealkylation sites (tertiary alicyclic amines) is 1. The molecule has 1 fully saturated rings. The van der Waals surface area contributed by atoms with Crippen LogP contribution in [-0.2, 0) is 14.3 Å². The highest BCUT2D eigenvalue weighted by atomic mass is 35.5. The Hall–Kier alpha value is -2.54. The lowest BCUT2D eigenvalue weighted by atomic mass is 9.94. The average molecular weight is 464 g/mol. The predicted octanol–water partition coefficient (Wildman–Crippen LogP) is 4.77. The molecule has 1 unspecified atom stereocenters. The van der Waals surface area contributed by atoms with E-state index >= 15 is 0 Å². The van der Waals surface area contributed by atoms with E-state index in [1.54, 1.807) is 7.11 Å². The number of carbonyl (C=O) groups excluding carboxylic acids is 2. The topological polar surface area (TPSA) is 76.1 Å². The Morgan fingerprint density at radius 3 is 2.55 bits per heavy atom. The summed E-state index contributed by atoms with van der Waals surface area (Å²) in [5.41, 5.74) is 1.78. The van der Waals surface area contributed by atoms with Gasteiger partial charge in [-0.25, -0.2) is 0 Å². The summed E-state index contributed by atoms with van der Waals surface area (Å²) in [6, 6.07) is 9.63. The lowest BCUT2D eigenvalue weighted by Gasteiger charge is -2.25. The van der Waals surface area contributed by atoms with Crippen molar-refractivity contribution in [3.63, 3.8) is 0 Å². The smallest absolute Gasteiger partial charge is 0.295 e. The van der Waals surface area contributed by atoms with Gasteiger partial charge >= 0.3 is 0 Å². The van der Waals surface area contributed by atoms with E-state index < -0.39 is 17.7 Å². The maximum absolute atomic E-state index is 13.1. The van der Waals surface area contributed by atoms with Crippen molar-refractivity contribution in [3.05, 3.63) is 68.7 Å². The molecule has 31 heavy (non-hydrogen) atoms. The van der Waals surface area contributed by atoms with Crippen molar-refractivity contribution in [3.8, 4) is 5.75 Å². The molecular formula is C23H23Cl2NO5. The third kappa shape index (κ3) is 4.56. The fraction of sp³-hybridized carbons (Fsp3) is 0.304. The summed E-state index contributed by atoms with van der Waals surface area (Å²) in [5.74, 6) is -1.69. The molecule has 1 saturated heterocycles. The molecule has 1 aliphatic rings. The van der Waals surface area contributed by atoms with Crippen LogP contribution in [0.1, 0.15) is 29.2 Å². The lowest BCUT2D eigenvalue weighted by Crippen LogP contribution is -2.31. The molecule has 0 bridgehead atoms. The van der Waals surface area contributed by atoms with Gasteiger partial charge in [-0.1, -0.05) is 53.0 Å². The molecule has 0 saturated carbocycles. The van der Waals surface area contributed by atoms with E-state index in [1.165, 1.54) is 24.1 Å². The molecule has 1 atom stereocenters. The number of nitrogens with zero attached hydrogens (tertiary/aromatic N) is 1. The number of ketones is 1. The van der Waals surface area contributed by atoms with Gasteiger partial charge in [-0.2, -0.15) is 0 Å². The molecule has 2 aromatic carbocycles. The highest BCUT2D eigenvalue weighted by molar-refractivity contribution is 6.46. The molecule has 0 spiro atoms. The van der Waals surface area contributed by atoms with E-state index in [4.69, 9.17) is 32.7 Å². The third-order valence-electron chi connectivity index (χ3n) is 5.11. The monoisotopic (exact) mass is 463 g/mol. The summed E-state index contributed by atoms with van der Waals surface area (Å²) >= 11 is 12.4. The number of ether oxygens (including phenoxy) is 2. The van der Waals surface area contributed by atoms with Crippen LogP contribution in [0, 0.1) is 6.92 Å². The Kier molecular flexibility index (Phi) is 7.26. The number of aliphatic hydroxyl groups excluding tert-OH is 1. The molecule has 164 valence electrons. The first-order valence-corrected chi connectivity index (χ1v) is 10.4. The summed E-state index contributed by atoms with van der Waals surface area (Å²) in [6.07, 6.45) is 0.540. The number of halogens is 2. The van der Waals surface area contributed by atoms with Crippen LogP contribution >= 0.6 is 23.2 Å². The number of hydrogen-bond acceptors (Lipinski definition) is 5. The molecule has 1 N–H and O–H groups in total. The quantitative estimate of drug-likeness (QED) is 0.277. The van der Waals surface area contributed by atoms with Crippen molar-refractivity contribution < 1.29 is 24.2 Å². The summed E-state index contributed by atoms with van der Waals surface area (Å²) in [5, 5.41) is 11.7. The standard InChI is InChI=1S/C23H23Cl2NO5/c1-13-6-4-7-14(10-13)19-18(21(28)23(29)26(19)8-5-9-30-2)20(27)16-11-15(24)12-17(25)22(16)31-3/h4,6-7,10-12,19,27H,5,8-9H2,1-3H3/b20-18+. The highest BCUT2D eigenvalue weighted by Crippen LogP contribution is 2.43. The molecule has 1 heterocycles. The first-order valence-electron chi connectivity index (χ1n) is 9.67. The molecule has 3 rings (SSSR count). The Bertz CT molecular complexity index is 1050. The zero-order valence-corrected chi connectivity index (χ0v) is 19.0. The number of aliphatic hydroxyl groups is 1. The van der Waals surface area contributed by atoms with Gasteiger partial charge in [0.05, 0.1) is 29.3 Å². The second-order valence-electron chi connectivity index (χ2n) is 7.22. The van der Waals surface area contributed by atoms with Gasteiger partial charge in [-0.05, 0) is 31.0 Å². The van der Waals surface area contributed by atoms with E-state index in [0.717, 1.165) is 5.56 Å². The van der Waals surface area contributed by atoms with Crippen molar-refractivity contribution >= 4 is 40.7 Å². The third-order valence-corrected chi connectivity index (χ3v) is 5.61. The number of methoxy groups -OCH3 is 2. The maximum atomic E-state index is 13.1. The minimum absolute atomic E-state index is 0.0374. The average Bonchev–Trinajstić information content (AvgIpc) is 2.98. The van der Waals surface area contributed by atoms with Gasteiger partial charge in [-0.3, -0.25) is 9.59 Å². The zero-order valence-electron chi connectivity index (χ0n) is 17.4. The van der Waals surface area contributed by atoms with Gasteiger partial charge in [-0.15, -0.1) is 0 Å². The number of Topliss-reactive ketones (excluding diaryl/α,β-unsaturated/α-hetero) is 1. The predicted molar refractivity (Wildman–Crippen MR) is 120 cm³/mol. The van der Waals surface area contributed by atoms with Crippen LogP contribution in [0.3, 0.4) is 0 Å². The van der Waals surface area contributed by atoms with Crippen molar-refractivity contribution in [1.29, 1.82) is 0 Å². The molecule has 1 aliphatic heterocycles. The van der Waals surface area contributed by atoms with Crippen LogP contribution < -0.4 is 4.74 Å². The van der Waals surface area contributed by atoms with Gasteiger partial charge in [0.2, 0.25) is 0 Å². The summed E-state index contributed by atoms with van der Waals surface area (Å²) < 4.78 is 10.4. The fourth-order valence-corrected chi connectivity index (χ4v) is 4.34. The van der Waals surface area contributed by atoms with Crippen molar-refractivity contribution in [2.75, 3.05) is 27.4 Å². The van der Waals surface area contributed by atoms with Crippen LogP contribution in [0.4, 0.5) is 0 Å². The normalized spacial score (nSPS) is 18.0. The van der Waals surface area contributed by atoms with Crippen LogP contribution in [-0.4, -0.2) is 49.1 Å². The second kappa shape index (κ2) is 9.73. The van der Waals surface area contributed by atoms with Crippen molar-refractivity contribution in [2.24, 2.45) is 0 Å². The lowest BCUT2D eigenvalue weighted by molar-refractivity contribution is -0.140. The fourth-order valence-electron chi connectivity index (χ4n) is 3.77. The molecule has 0 aliphatic carbocycles.